The molecule has 0 aliphatic carbocycles. The summed E-state index contributed by atoms with van der Waals surface area (Å²) in [6, 6.07) is 7.78. The Balaban J connectivity index is 1.94. The molecule has 0 saturated heterocycles. The maximum atomic E-state index is 13.4. The van der Waals surface area contributed by atoms with Gasteiger partial charge in [0, 0.05) is 31.1 Å². The third kappa shape index (κ3) is 6.08. The number of carbonyl (C=O) groups excluding carboxylic acids is 3. The largest absolute Gasteiger partial charge is 0.426 e. The number of hydrogen-bond acceptors (Lipinski definition) is 8. The third-order valence-corrected chi connectivity index (χ3v) is 4.85. The molecular weight excluding hydrogens is 450 g/mol. The van der Waals surface area contributed by atoms with Gasteiger partial charge < -0.3 is 9.47 Å². The molecular formula is C25H29N5O5. The SMILES string of the molecule is CN(C(=O)c1ccc(OC(=O)C(C)(C)C)cc1OC(=O)C(C)(C)C)c1n[nH]c(-c2ccncc2)n1. The lowest BCUT2D eigenvalue weighted by molar-refractivity contribution is -0.143. The van der Waals surface area contributed by atoms with Crippen molar-refractivity contribution in [2.45, 2.75) is 41.5 Å². The highest BCUT2D eigenvalue weighted by molar-refractivity contribution is 6.07. The van der Waals surface area contributed by atoms with Gasteiger partial charge in [-0.05, 0) is 65.8 Å². The van der Waals surface area contributed by atoms with E-state index in [0.29, 0.717) is 5.82 Å². The lowest BCUT2D eigenvalue weighted by atomic mass is 9.97. The molecule has 1 aromatic carbocycles. The van der Waals surface area contributed by atoms with Crippen LogP contribution in [0.25, 0.3) is 11.4 Å². The minimum atomic E-state index is -0.826. The number of esters is 2. The molecule has 10 heteroatoms. The average Bonchev–Trinajstić information content (AvgIpc) is 3.28. The zero-order chi connectivity index (χ0) is 26.0. The predicted molar refractivity (Wildman–Crippen MR) is 129 cm³/mol. The van der Waals surface area contributed by atoms with E-state index >= 15 is 0 Å². The van der Waals surface area contributed by atoms with Gasteiger partial charge in [0.25, 0.3) is 11.9 Å². The maximum absolute atomic E-state index is 13.4. The maximum Gasteiger partial charge on any atom is 0.316 e. The van der Waals surface area contributed by atoms with Gasteiger partial charge in [-0.1, -0.05) is 0 Å². The number of benzene rings is 1. The van der Waals surface area contributed by atoms with Crippen LogP contribution >= 0.6 is 0 Å². The van der Waals surface area contributed by atoms with Crippen LogP contribution < -0.4 is 14.4 Å². The number of rotatable bonds is 5. The Labute approximate surface area is 203 Å². The highest BCUT2D eigenvalue weighted by Crippen LogP contribution is 2.30. The molecule has 184 valence electrons. The molecule has 0 saturated carbocycles. The Morgan fingerprint density at radius 2 is 1.49 bits per heavy atom. The highest BCUT2D eigenvalue weighted by atomic mass is 16.5. The second kappa shape index (κ2) is 9.65. The van der Waals surface area contributed by atoms with E-state index in [2.05, 4.69) is 20.2 Å². The van der Waals surface area contributed by atoms with E-state index in [1.807, 2.05) is 0 Å². The van der Waals surface area contributed by atoms with Gasteiger partial charge in [-0.3, -0.25) is 29.4 Å². The van der Waals surface area contributed by atoms with Crippen molar-refractivity contribution < 1.29 is 23.9 Å². The van der Waals surface area contributed by atoms with Crippen molar-refractivity contribution in [1.82, 2.24) is 20.2 Å². The van der Waals surface area contributed by atoms with Crippen LogP contribution in [-0.2, 0) is 9.59 Å². The number of carbonyl (C=O) groups is 3. The van der Waals surface area contributed by atoms with E-state index in [0.717, 1.165) is 5.56 Å². The highest BCUT2D eigenvalue weighted by Gasteiger charge is 2.29. The van der Waals surface area contributed by atoms with Crippen LogP contribution in [0, 0.1) is 10.8 Å². The monoisotopic (exact) mass is 479 g/mol. The molecule has 3 rings (SSSR count). The Morgan fingerprint density at radius 3 is 2.09 bits per heavy atom. The summed E-state index contributed by atoms with van der Waals surface area (Å²) in [5, 5.41) is 6.92. The lowest BCUT2D eigenvalue weighted by Crippen LogP contribution is -2.30. The fourth-order valence-corrected chi connectivity index (χ4v) is 2.65. The van der Waals surface area contributed by atoms with Crippen molar-refractivity contribution in [3.05, 3.63) is 48.3 Å². The summed E-state index contributed by atoms with van der Waals surface area (Å²) >= 11 is 0. The number of aromatic amines is 1. The van der Waals surface area contributed by atoms with Crippen molar-refractivity contribution in [2.24, 2.45) is 10.8 Å². The first-order chi connectivity index (χ1) is 16.3. The molecule has 1 N–H and O–H groups in total. The van der Waals surface area contributed by atoms with Crippen LogP contribution in [0.3, 0.4) is 0 Å². The number of nitrogens with zero attached hydrogens (tertiary/aromatic N) is 4. The van der Waals surface area contributed by atoms with E-state index in [-0.39, 0.29) is 23.0 Å². The first kappa shape index (κ1) is 25.5. The second-order valence-corrected chi connectivity index (χ2v) is 10.0. The summed E-state index contributed by atoms with van der Waals surface area (Å²) in [5.41, 5.74) is -0.733. The molecule has 0 aliphatic heterocycles. The summed E-state index contributed by atoms with van der Waals surface area (Å²) in [4.78, 5) is 47.9. The molecule has 0 spiro atoms. The standard InChI is InChI=1S/C25H29N5O5/c1-24(2,3)21(32)34-16-8-9-17(18(14-16)35-22(33)25(4,5)6)20(31)30(7)23-27-19(28-29-23)15-10-12-26-13-11-15/h8-14H,1-7H3,(H,27,28,29). The molecule has 0 bridgehead atoms. The number of hydrogen-bond donors (Lipinski definition) is 1. The summed E-state index contributed by atoms with van der Waals surface area (Å²) < 4.78 is 11.0. The zero-order valence-electron chi connectivity index (χ0n) is 20.9. The number of anilines is 1. The smallest absolute Gasteiger partial charge is 0.316 e. The van der Waals surface area contributed by atoms with Crippen LogP contribution in [0.2, 0.25) is 0 Å². The van der Waals surface area contributed by atoms with Crippen molar-refractivity contribution >= 4 is 23.8 Å². The van der Waals surface area contributed by atoms with E-state index in [1.54, 1.807) is 66.1 Å². The van der Waals surface area contributed by atoms with Crippen molar-refractivity contribution in [1.29, 1.82) is 0 Å². The van der Waals surface area contributed by atoms with Gasteiger partial charge in [0.2, 0.25) is 0 Å². The molecule has 2 heterocycles. The topological polar surface area (TPSA) is 127 Å². The van der Waals surface area contributed by atoms with Gasteiger partial charge in [0.15, 0.2) is 5.82 Å². The Morgan fingerprint density at radius 1 is 0.886 bits per heavy atom. The second-order valence-electron chi connectivity index (χ2n) is 10.0. The quantitative estimate of drug-likeness (QED) is 0.429. The first-order valence-electron chi connectivity index (χ1n) is 11.0. The zero-order valence-corrected chi connectivity index (χ0v) is 20.9. The average molecular weight is 480 g/mol. The summed E-state index contributed by atoms with van der Waals surface area (Å²) in [5.74, 6) is -0.832. The van der Waals surface area contributed by atoms with Gasteiger partial charge >= 0.3 is 11.9 Å². The van der Waals surface area contributed by atoms with Crippen LogP contribution in [0.4, 0.5) is 5.95 Å². The Kier molecular flexibility index (Phi) is 7.04. The van der Waals surface area contributed by atoms with E-state index < -0.39 is 28.7 Å². The predicted octanol–water partition coefficient (Wildman–Crippen LogP) is 4.05. The fourth-order valence-electron chi connectivity index (χ4n) is 2.65. The fraction of sp³-hybridized carbons (Fsp3) is 0.360. The summed E-state index contributed by atoms with van der Waals surface area (Å²) in [6.07, 6.45) is 3.24. The van der Waals surface area contributed by atoms with Crippen LogP contribution in [0.1, 0.15) is 51.9 Å². The number of pyridine rings is 1. The molecule has 10 nitrogen and oxygen atoms in total. The number of nitrogens with one attached hydrogen (secondary N) is 1. The normalized spacial score (nSPS) is 11.6. The van der Waals surface area contributed by atoms with E-state index in [1.165, 1.54) is 30.1 Å². The van der Waals surface area contributed by atoms with Gasteiger partial charge in [0.1, 0.15) is 11.5 Å². The van der Waals surface area contributed by atoms with Crippen molar-refractivity contribution in [3.63, 3.8) is 0 Å². The van der Waals surface area contributed by atoms with Crippen molar-refractivity contribution in [3.8, 4) is 22.9 Å². The molecule has 3 aromatic rings. The molecule has 0 unspecified atom stereocenters. The van der Waals surface area contributed by atoms with Gasteiger partial charge in [-0.25, -0.2) is 0 Å². The number of amides is 1. The molecule has 1 amide bonds. The molecule has 0 atom stereocenters. The van der Waals surface area contributed by atoms with Crippen LogP contribution in [-0.4, -0.2) is 45.1 Å². The van der Waals surface area contributed by atoms with Crippen molar-refractivity contribution in [2.75, 3.05) is 11.9 Å². The molecule has 2 aromatic heterocycles. The van der Waals surface area contributed by atoms with Gasteiger partial charge in [-0.15, -0.1) is 5.10 Å². The van der Waals surface area contributed by atoms with Gasteiger partial charge in [0.05, 0.1) is 16.4 Å². The summed E-state index contributed by atoms with van der Waals surface area (Å²) in [6.45, 7) is 10.3. The Hall–Kier alpha value is -4.08. The number of ether oxygens (including phenoxy) is 2. The molecule has 0 radical (unpaired) electrons. The van der Waals surface area contributed by atoms with E-state index in [9.17, 15) is 14.4 Å². The van der Waals surface area contributed by atoms with E-state index in [4.69, 9.17) is 9.47 Å². The number of aromatic nitrogens is 4. The molecule has 35 heavy (non-hydrogen) atoms. The Bertz CT molecular complexity index is 1240. The first-order valence-corrected chi connectivity index (χ1v) is 11.0. The number of H-pyrrole nitrogens is 1. The minimum absolute atomic E-state index is 0.0362. The molecule has 0 fully saturated rings. The lowest BCUT2D eigenvalue weighted by Gasteiger charge is -2.21. The third-order valence-electron chi connectivity index (χ3n) is 4.85. The summed E-state index contributed by atoms with van der Waals surface area (Å²) in [7, 11) is 1.50. The minimum Gasteiger partial charge on any atom is -0.426 e. The van der Waals surface area contributed by atoms with Crippen LogP contribution in [0.5, 0.6) is 11.5 Å². The molecule has 0 aliphatic rings. The van der Waals surface area contributed by atoms with Crippen LogP contribution in [0.15, 0.2) is 42.7 Å². The van der Waals surface area contributed by atoms with Gasteiger partial charge in [-0.2, -0.15) is 4.98 Å².